The summed E-state index contributed by atoms with van der Waals surface area (Å²) in [4.78, 5) is 11.8. The minimum absolute atomic E-state index is 0.0747. The summed E-state index contributed by atoms with van der Waals surface area (Å²) in [6.07, 6.45) is 4.19. The van der Waals surface area contributed by atoms with Crippen LogP contribution < -0.4 is 5.32 Å². The van der Waals surface area contributed by atoms with Gasteiger partial charge in [-0.15, -0.1) is 0 Å². The summed E-state index contributed by atoms with van der Waals surface area (Å²) < 4.78 is 2.49. The number of H-pyrrole nitrogens is 1. The molecule has 0 radical (unpaired) electrons. The third-order valence-electron chi connectivity index (χ3n) is 3.24. The Balaban J connectivity index is 2.00. The third kappa shape index (κ3) is 1.57. The molecular formula is C10H14N4OS. The number of rotatable bonds is 2. The van der Waals surface area contributed by atoms with E-state index in [2.05, 4.69) is 15.5 Å². The van der Waals surface area contributed by atoms with Gasteiger partial charge >= 0.3 is 0 Å². The Hall–Kier alpha value is -1.17. The minimum atomic E-state index is -0.157. The van der Waals surface area contributed by atoms with Gasteiger partial charge in [0, 0.05) is 12.5 Å². The van der Waals surface area contributed by atoms with Gasteiger partial charge in [-0.3, -0.25) is 14.5 Å². The molecule has 6 heteroatoms. The van der Waals surface area contributed by atoms with E-state index in [-0.39, 0.29) is 11.9 Å². The van der Waals surface area contributed by atoms with E-state index < -0.39 is 0 Å². The van der Waals surface area contributed by atoms with E-state index in [4.69, 9.17) is 12.2 Å². The monoisotopic (exact) mass is 238 g/mol. The van der Waals surface area contributed by atoms with Crippen LogP contribution in [-0.2, 0) is 4.79 Å². The van der Waals surface area contributed by atoms with E-state index in [1.54, 1.807) is 0 Å². The average Bonchev–Trinajstić information content (AvgIpc) is 3.04. The van der Waals surface area contributed by atoms with Crippen molar-refractivity contribution in [2.75, 3.05) is 6.54 Å². The van der Waals surface area contributed by atoms with Gasteiger partial charge in [0.1, 0.15) is 11.9 Å². The predicted molar refractivity (Wildman–Crippen MR) is 60.7 cm³/mol. The number of carbonyl (C=O) groups excluding carboxylic acids is 1. The van der Waals surface area contributed by atoms with Crippen LogP contribution in [0.1, 0.15) is 43.5 Å². The highest BCUT2D eigenvalue weighted by atomic mass is 32.1. The number of piperidine rings is 1. The molecule has 1 aliphatic carbocycles. The van der Waals surface area contributed by atoms with Crippen LogP contribution in [-0.4, -0.2) is 27.2 Å². The molecule has 2 N–H and O–H groups in total. The van der Waals surface area contributed by atoms with Crippen LogP contribution in [0.15, 0.2) is 0 Å². The van der Waals surface area contributed by atoms with Crippen molar-refractivity contribution in [1.29, 1.82) is 0 Å². The fraction of sp³-hybridized carbons (Fsp3) is 0.700. The van der Waals surface area contributed by atoms with Crippen molar-refractivity contribution in [3.05, 3.63) is 10.6 Å². The second-order valence-corrected chi connectivity index (χ2v) is 4.87. The topological polar surface area (TPSA) is 62.7 Å². The highest BCUT2D eigenvalue weighted by Gasteiger charge is 2.34. The molecule has 1 aromatic rings. The lowest BCUT2D eigenvalue weighted by molar-refractivity contribution is -0.125. The molecule has 16 heavy (non-hydrogen) atoms. The van der Waals surface area contributed by atoms with Crippen LogP contribution in [0.4, 0.5) is 0 Å². The summed E-state index contributed by atoms with van der Waals surface area (Å²) in [6, 6.07) is -0.157. The van der Waals surface area contributed by atoms with Gasteiger partial charge in [0.15, 0.2) is 4.77 Å². The van der Waals surface area contributed by atoms with E-state index in [9.17, 15) is 4.79 Å². The van der Waals surface area contributed by atoms with Crippen molar-refractivity contribution in [2.24, 2.45) is 0 Å². The van der Waals surface area contributed by atoms with Gasteiger partial charge in [-0.05, 0) is 37.9 Å². The number of carbonyl (C=O) groups is 1. The fourth-order valence-electron chi connectivity index (χ4n) is 2.25. The molecule has 1 saturated carbocycles. The summed E-state index contributed by atoms with van der Waals surface area (Å²) in [6.45, 7) is 0.777. The summed E-state index contributed by atoms with van der Waals surface area (Å²) in [5, 5.41) is 9.95. The molecule has 2 heterocycles. The van der Waals surface area contributed by atoms with Gasteiger partial charge in [-0.1, -0.05) is 0 Å². The maximum Gasteiger partial charge on any atom is 0.243 e. The Morgan fingerprint density at radius 2 is 2.19 bits per heavy atom. The lowest BCUT2D eigenvalue weighted by atomic mass is 10.1. The van der Waals surface area contributed by atoms with Crippen molar-refractivity contribution in [2.45, 2.75) is 37.6 Å². The molecule has 86 valence electrons. The lowest BCUT2D eigenvalue weighted by Gasteiger charge is -2.23. The highest BCUT2D eigenvalue weighted by Crippen LogP contribution is 2.40. The summed E-state index contributed by atoms with van der Waals surface area (Å²) in [5.41, 5.74) is 0. The summed E-state index contributed by atoms with van der Waals surface area (Å²) in [5.74, 6) is 1.54. The zero-order valence-corrected chi connectivity index (χ0v) is 9.72. The first-order valence-corrected chi connectivity index (χ1v) is 6.12. The zero-order valence-electron chi connectivity index (χ0n) is 8.90. The van der Waals surface area contributed by atoms with Crippen molar-refractivity contribution in [3.63, 3.8) is 0 Å². The number of aromatic nitrogens is 3. The van der Waals surface area contributed by atoms with Crippen molar-refractivity contribution in [1.82, 2.24) is 20.1 Å². The summed E-state index contributed by atoms with van der Waals surface area (Å²) >= 11 is 5.22. The predicted octanol–water partition coefficient (Wildman–Crippen LogP) is 1.27. The van der Waals surface area contributed by atoms with Crippen LogP contribution in [0.3, 0.4) is 0 Å². The lowest BCUT2D eigenvalue weighted by Crippen LogP contribution is -2.38. The van der Waals surface area contributed by atoms with E-state index in [1.807, 2.05) is 4.57 Å². The largest absolute Gasteiger partial charge is 0.354 e. The standard InChI is InChI=1S/C10H14N4OS/c15-9-7(2-1-5-11-9)14-8(6-3-4-6)12-13-10(14)16/h6-7H,1-5H2,(H,11,15)(H,13,16). The van der Waals surface area contributed by atoms with Crippen molar-refractivity contribution >= 4 is 18.1 Å². The molecular weight excluding hydrogens is 224 g/mol. The molecule has 0 aromatic carbocycles. The van der Waals surface area contributed by atoms with Gasteiger partial charge in [0.2, 0.25) is 5.91 Å². The van der Waals surface area contributed by atoms with E-state index in [1.165, 1.54) is 0 Å². The molecule has 3 rings (SSSR count). The number of hydrogen-bond acceptors (Lipinski definition) is 3. The zero-order chi connectivity index (χ0) is 11.1. The third-order valence-corrected chi connectivity index (χ3v) is 3.53. The SMILES string of the molecule is O=C1NCCCC1n1c(C2CC2)n[nH]c1=S. The first-order valence-electron chi connectivity index (χ1n) is 5.72. The Morgan fingerprint density at radius 3 is 2.88 bits per heavy atom. The molecule has 2 aliphatic rings. The number of nitrogens with zero attached hydrogens (tertiary/aromatic N) is 2. The molecule has 5 nitrogen and oxygen atoms in total. The smallest absolute Gasteiger partial charge is 0.243 e. The molecule has 1 aromatic heterocycles. The Bertz CT molecular complexity index is 473. The van der Waals surface area contributed by atoms with Crippen LogP contribution in [0.25, 0.3) is 0 Å². The Kier molecular flexibility index (Phi) is 2.31. The first kappa shape index (κ1) is 10.0. The normalized spacial score (nSPS) is 25.5. The second kappa shape index (κ2) is 3.69. The highest BCUT2D eigenvalue weighted by molar-refractivity contribution is 7.71. The van der Waals surface area contributed by atoms with Gasteiger partial charge in [0.05, 0.1) is 0 Å². The Labute approximate surface area is 98.2 Å². The molecule has 0 spiro atoms. The van der Waals surface area contributed by atoms with Crippen molar-refractivity contribution in [3.8, 4) is 0 Å². The van der Waals surface area contributed by atoms with Gasteiger partial charge in [0.25, 0.3) is 0 Å². The molecule has 1 saturated heterocycles. The fourth-order valence-corrected chi connectivity index (χ4v) is 2.52. The molecule has 1 aliphatic heterocycles. The van der Waals surface area contributed by atoms with Crippen LogP contribution >= 0.6 is 12.2 Å². The number of nitrogens with one attached hydrogen (secondary N) is 2. The quantitative estimate of drug-likeness (QED) is 0.763. The number of hydrogen-bond donors (Lipinski definition) is 2. The summed E-state index contributed by atoms with van der Waals surface area (Å²) in [7, 11) is 0. The van der Waals surface area contributed by atoms with E-state index >= 15 is 0 Å². The maximum atomic E-state index is 11.8. The van der Waals surface area contributed by atoms with Crippen LogP contribution in [0.5, 0.6) is 0 Å². The molecule has 2 fully saturated rings. The average molecular weight is 238 g/mol. The van der Waals surface area contributed by atoms with Crippen LogP contribution in [0.2, 0.25) is 0 Å². The van der Waals surface area contributed by atoms with Gasteiger partial charge < -0.3 is 5.32 Å². The van der Waals surface area contributed by atoms with Crippen molar-refractivity contribution < 1.29 is 4.79 Å². The molecule has 1 unspecified atom stereocenters. The first-order chi connectivity index (χ1) is 7.77. The van der Waals surface area contributed by atoms with E-state index in [0.29, 0.717) is 10.7 Å². The van der Waals surface area contributed by atoms with Gasteiger partial charge in [-0.25, -0.2) is 0 Å². The minimum Gasteiger partial charge on any atom is -0.354 e. The van der Waals surface area contributed by atoms with Crippen LogP contribution in [0, 0.1) is 4.77 Å². The number of amides is 1. The molecule has 0 bridgehead atoms. The van der Waals surface area contributed by atoms with E-state index in [0.717, 1.165) is 38.1 Å². The number of aromatic amines is 1. The Morgan fingerprint density at radius 1 is 1.38 bits per heavy atom. The van der Waals surface area contributed by atoms with Gasteiger partial charge in [-0.2, -0.15) is 5.10 Å². The maximum absolute atomic E-state index is 11.8. The molecule has 1 amide bonds. The second-order valence-electron chi connectivity index (χ2n) is 4.48. The molecule has 1 atom stereocenters.